The fourth-order valence-electron chi connectivity index (χ4n) is 2.63. The molecule has 0 aliphatic carbocycles. The molecule has 0 heterocycles. The predicted molar refractivity (Wildman–Crippen MR) is 98.5 cm³/mol. The molecule has 0 aromatic heterocycles. The Morgan fingerprint density at radius 3 is 1.64 bits per heavy atom. The Labute approximate surface area is 139 Å². The highest BCUT2D eigenvalue weighted by atomic mass is 79.9. The molecule has 0 saturated heterocycles. The highest BCUT2D eigenvalue weighted by molar-refractivity contribution is 9.08. The van der Waals surface area contributed by atoms with Crippen molar-refractivity contribution in [3.63, 3.8) is 0 Å². The van der Waals surface area contributed by atoms with Crippen LogP contribution >= 0.6 is 23.1 Å². The van der Waals surface area contributed by atoms with Gasteiger partial charge in [0.05, 0.1) is 0 Å². The lowest BCUT2D eigenvalue weighted by Crippen LogP contribution is -2.27. The molecular formula is C19H16BrOP. The number of halogens is 1. The summed E-state index contributed by atoms with van der Waals surface area (Å²) in [5, 5.41) is 3.33. The highest BCUT2D eigenvalue weighted by Gasteiger charge is 2.31. The summed E-state index contributed by atoms with van der Waals surface area (Å²) in [6.07, 6.45) is 0. The molecule has 3 aromatic carbocycles. The summed E-state index contributed by atoms with van der Waals surface area (Å²) in [6, 6.07) is 27.5. The second-order valence-electron chi connectivity index (χ2n) is 5.04. The van der Waals surface area contributed by atoms with Gasteiger partial charge in [-0.2, -0.15) is 0 Å². The van der Waals surface area contributed by atoms with Gasteiger partial charge in [-0.05, 0) is 5.56 Å². The molecule has 22 heavy (non-hydrogen) atoms. The van der Waals surface area contributed by atoms with E-state index in [0.717, 1.165) is 21.5 Å². The van der Waals surface area contributed by atoms with Crippen molar-refractivity contribution in [1.82, 2.24) is 0 Å². The molecule has 0 atom stereocenters. The van der Waals surface area contributed by atoms with Crippen LogP contribution in [0.25, 0.3) is 0 Å². The van der Waals surface area contributed by atoms with E-state index in [1.54, 1.807) is 0 Å². The molecule has 0 amide bonds. The lowest BCUT2D eigenvalue weighted by atomic mass is 10.2. The third-order valence-electron chi connectivity index (χ3n) is 3.71. The van der Waals surface area contributed by atoms with Crippen LogP contribution in [0.3, 0.4) is 0 Å². The molecule has 0 saturated carbocycles. The molecule has 0 N–H and O–H groups in total. The number of hydrogen-bond donors (Lipinski definition) is 0. The fourth-order valence-corrected chi connectivity index (χ4v) is 6.23. The monoisotopic (exact) mass is 370 g/mol. The molecule has 0 fully saturated rings. The summed E-state index contributed by atoms with van der Waals surface area (Å²) in [5.41, 5.74) is 1.07. The Balaban J connectivity index is 2.32. The third-order valence-corrected chi connectivity index (χ3v) is 7.48. The van der Waals surface area contributed by atoms with E-state index in [0.29, 0.717) is 5.33 Å². The zero-order chi connectivity index (χ0) is 15.4. The Bertz CT molecular complexity index is 756. The van der Waals surface area contributed by atoms with Crippen molar-refractivity contribution >= 4 is 39.0 Å². The van der Waals surface area contributed by atoms with Gasteiger partial charge in [0.2, 0.25) is 0 Å². The molecular weight excluding hydrogens is 355 g/mol. The second kappa shape index (κ2) is 6.64. The largest absolute Gasteiger partial charge is 0.309 e. The van der Waals surface area contributed by atoms with Crippen LogP contribution in [0.5, 0.6) is 0 Å². The predicted octanol–water partition coefficient (Wildman–Crippen LogP) is 4.22. The van der Waals surface area contributed by atoms with Gasteiger partial charge in [0, 0.05) is 21.2 Å². The van der Waals surface area contributed by atoms with Gasteiger partial charge in [-0.3, -0.25) is 0 Å². The molecule has 3 heteroatoms. The van der Waals surface area contributed by atoms with E-state index in [1.807, 2.05) is 84.9 Å². The lowest BCUT2D eigenvalue weighted by molar-refractivity contribution is 0.592. The maximum absolute atomic E-state index is 14.2. The lowest BCUT2D eigenvalue weighted by Gasteiger charge is -2.22. The summed E-state index contributed by atoms with van der Waals surface area (Å²) in [6.45, 7) is 0. The van der Waals surface area contributed by atoms with Crippen LogP contribution in [0, 0.1) is 0 Å². The van der Waals surface area contributed by atoms with E-state index in [2.05, 4.69) is 15.9 Å². The Hall–Kier alpha value is -1.63. The smallest absolute Gasteiger partial charge is 0.171 e. The maximum Gasteiger partial charge on any atom is 0.171 e. The summed E-state index contributed by atoms with van der Waals surface area (Å²) in [7, 11) is -2.86. The summed E-state index contributed by atoms with van der Waals surface area (Å²) in [5.74, 6) is 0. The van der Waals surface area contributed by atoms with Crippen molar-refractivity contribution < 1.29 is 4.57 Å². The summed E-state index contributed by atoms with van der Waals surface area (Å²) < 4.78 is 14.2. The van der Waals surface area contributed by atoms with Crippen LogP contribution in [0.4, 0.5) is 0 Å². The molecule has 0 radical (unpaired) electrons. The van der Waals surface area contributed by atoms with E-state index in [1.165, 1.54) is 0 Å². The Kier molecular flexibility index (Phi) is 4.61. The van der Waals surface area contributed by atoms with E-state index < -0.39 is 7.14 Å². The van der Waals surface area contributed by atoms with Crippen molar-refractivity contribution in [2.45, 2.75) is 5.33 Å². The first kappa shape index (κ1) is 15.3. The average molecular weight is 371 g/mol. The Morgan fingerprint density at radius 2 is 1.14 bits per heavy atom. The summed E-state index contributed by atoms with van der Waals surface area (Å²) in [4.78, 5) is 0. The van der Waals surface area contributed by atoms with E-state index in [9.17, 15) is 4.57 Å². The van der Waals surface area contributed by atoms with Gasteiger partial charge in [-0.15, -0.1) is 0 Å². The van der Waals surface area contributed by atoms with E-state index in [-0.39, 0.29) is 0 Å². The van der Waals surface area contributed by atoms with Crippen molar-refractivity contribution in [3.8, 4) is 0 Å². The van der Waals surface area contributed by atoms with E-state index in [4.69, 9.17) is 0 Å². The van der Waals surface area contributed by atoms with Crippen LogP contribution < -0.4 is 15.9 Å². The summed E-state index contributed by atoms with van der Waals surface area (Å²) >= 11 is 3.52. The minimum atomic E-state index is -2.86. The number of benzene rings is 3. The van der Waals surface area contributed by atoms with Crippen molar-refractivity contribution in [2.24, 2.45) is 0 Å². The maximum atomic E-state index is 14.2. The van der Waals surface area contributed by atoms with Gasteiger partial charge >= 0.3 is 0 Å². The topological polar surface area (TPSA) is 17.1 Å². The molecule has 0 aliphatic rings. The van der Waals surface area contributed by atoms with Crippen LogP contribution in [-0.2, 0) is 9.90 Å². The van der Waals surface area contributed by atoms with Crippen molar-refractivity contribution in [2.75, 3.05) is 0 Å². The average Bonchev–Trinajstić information content (AvgIpc) is 2.62. The second-order valence-corrected chi connectivity index (χ2v) is 8.34. The van der Waals surface area contributed by atoms with Crippen molar-refractivity contribution in [3.05, 3.63) is 90.5 Å². The van der Waals surface area contributed by atoms with Crippen LogP contribution in [0.1, 0.15) is 5.56 Å². The first-order valence-corrected chi connectivity index (χ1v) is 9.95. The quantitative estimate of drug-likeness (QED) is 0.496. The van der Waals surface area contributed by atoms with Gasteiger partial charge in [0.25, 0.3) is 0 Å². The normalized spacial score (nSPS) is 11.3. The Morgan fingerprint density at radius 1 is 0.682 bits per heavy atom. The minimum Gasteiger partial charge on any atom is -0.309 e. The number of hydrogen-bond acceptors (Lipinski definition) is 1. The molecule has 0 unspecified atom stereocenters. The molecule has 3 aromatic rings. The zero-order valence-corrected chi connectivity index (χ0v) is 14.5. The molecule has 1 nitrogen and oxygen atoms in total. The molecule has 0 bridgehead atoms. The first-order chi connectivity index (χ1) is 10.8. The standard InChI is InChI=1S/C19H16BrOP/c20-15-16-9-7-8-14-19(16)22(21,17-10-3-1-4-11-17)18-12-5-2-6-13-18/h1-14H,15H2. The minimum absolute atomic E-state index is 0.687. The third kappa shape index (κ3) is 2.69. The molecule has 3 rings (SSSR count). The molecule has 110 valence electrons. The van der Waals surface area contributed by atoms with Crippen LogP contribution in [0.15, 0.2) is 84.9 Å². The van der Waals surface area contributed by atoms with Gasteiger partial charge in [0.1, 0.15) is 0 Å². The molecule has 0 spiro atoms. The van der Waals surface area contributed by atoms with Crippen LogP contribution in [-0.4, -0.2) is 0 Å². The SMILES string of the molecule is O=P(c1ccccc1)(c1ccccc1)c1ccccc1CBr. The first-order valence-electron chi connectivity index (χ1n) is 7.12. The van der Waals surface area contributed by atoms with E-state index >= 15 is 0 Å². The van der Waals surface area contributed by atoms with Gasteiger partial charge < -0.3 is 4.57 Å². The van der Waals surface area contributed by atoms with Crippen molar-refractivity contribution in [1.29, 1.82) is 0 Å². The highest BCUT2D eigenvalue weighted by Crippen LogP contribution is 2.43. The molecule has 0 aliphatic heterocycles. The van der Waals surface area contributed by atoms with Gasteiger partial charge in [0.15, 0.2) is 7.14 Å². The number of rotatable bonds is 4. The van der Waals surface area contributed by atoms with Gasteiger partial charge in [-0.25, -0.2) is 0 Å². The van der Waals surface area contributed by atoms with Crippen LogP contribution in [0.2, 0.25) is 0 Å². The fraction of sp³-hybridized carbons (Fsp3) is 0.0526. The zero-order valence-electron chi connectivity index (χ0n) is 12.0. The van der Waals surface area contributed by atoms with Gasteiger partial charge in [-0.1, -0.05) is 101 Å². The number of alkyl halides is 1.